The third-order valence-corrected chi connectivity index (χ3v) is 2.27. The van der Waals surface area contributed by atoms with Crippen molar-refractivity contribution in [1.82, 2.24) is 0 Å². The lowest BCUT2D eigenvalue weighted by Gasteiger charge is -2.06. The van der Waals surface area contributed by atoms with Gasteiger partial charge in [0.15, 0.2) is 0 Å². The molecule has 0 amide bonds. The molecule has 1 aromatic carbocycles. The van der Waals surface area contributed by atoms with Crippen LogP contribution >= 0.6 is 11.6 Å². The summed E-state index contributed by atoms with van der Waals surface area (Å²) in [5, 5.41) is 18.3. The van der Waals surface area contributed by atoms with Gasteiger partial charge >= 0.3 is 5.97 Å². The second kappa shape index (κ2) is 6.08. The van der Waals surface area contributed by atoms with Crippen molar-refractivity contribution in [1.29, 1.82) is 5.26 Å². The van der Waals surface area contributed by atoms with Crippen molar-refractivity contribution in [3.05, 3.63) is 34.4 Å². The topological polar surface area (TPSA) is 70.3 Å². The Bertz CT molecular complexity index is 530. The van der Waals surface area contributed by atoms with E-state index in [-0.39, 0.29) is 22.4 Å². The maximum atomic E-state index is 11.5. The molecule has 0 saturated carbocycles. The predicted octanol–water partition coefficient (Wildman–Crippen LogP) is 2.90. The molecule has 0 aliphatic heterocycles. The maximum Gasteiger partial charge on any atom is 0.349 e. The molecule has 0 radical (unpaired) electrons. The van der Waals surface area contributed by atoms with Gasteiger partial charge in [0.2, 0.25) is 0 Å². The normalized spacial score (nSPS) is 11.2. The summed E-state index contributed by atoms with van der Waals surface area (Å²) in [5.41, 5.74) is 0.417. The van der Waals surface area contributed by atoms with Gasteiger partial charge in [0.1, 0.15) is 17.4 Å². The fraction of sp³-hybridized carbons (Fsp3) is 0.231. The van der Waals surface area contributed by atoms with Crippen LogP contribution in [0.5, 0.6) is 5.75 Å². The van der Waals surface area contributed by atoms with E-state index in [2.05, 4.69) is 0 Å². The van der Waals surface area contributed by atoms with Gasteiger partial charge in [-0.2, -0.15) is 5.26 Å². The number of phenolic OH excluding ortho intramolecular Hbond substituents is 1. The number of aromatic hydroxyl groups is 1. The third kappa shape index (κ3) is 3.79. The highest BCUT2D eigenvalue weighted by molar-refractivity contribution is 6.32. The van der Waals surface area contributed by atoms with Gasteiger partial charge in [-0.25, -0.2) is 4.79 Å². The molecule has 0 spiro atoms. The van der Waals surface area contributed by atoms with Gasteiger partial charge in [0, 0.05) is 0 Å². The first kappa shape index (κ1) is 14.1. The lowest BCUT2D eigenvalue weighted by molar-refractivity contribution is -0.142. The quantitative estimate of drug-likeness (QED) is 0.518. The Hall–Kier alpha value is -1.99. The summed E-state index contributed by atoms with van der Waals surface area (Å²) in [6.45, 7) is 3.40. The van der Waals surface area contributed by atoms with E-state index >= 15 is 0 Å². The zero-order valence-electron chi connectivity index (χ0n) is 9.98. The first-order chi connectivity index (χ1) is 8.43. The number of nitrogens with zero attached hydrogens (tertiary/aromatic N) is 1. The molecule has 0 bridgehead atoms. The Morgan fingerprint density at radius 3 is 2.72 bits per heavy atom. The Labute approximate surface area is 110 Å². The maximum absolute atomic E-state index is 11.5. The van der Waals surface area contributed by atoms with Crippen molar-refractivity contribution in [3.63, 3.8) is 0 Å². The van der Waals surface area contributed by atoms with Gasteiger partial charge in [-0.05, 0) is 37.6 Å². The number of ether oxygens (including phenoxy) is 1. The number of nitriles is 1. The van der Waals surface area contributed by atoms with E-state index in [4.69, 9.17) is 21.6 Å². The van der Waals surface area contributed by atoms with Crippen LogP contribution in [0.4, 0.5) is 0 Å². The third-order valence-electron chi connectivity index (χ3n) is 1.97. The predicted molar refractivity (Wildman–Crippen MR) is 67.9 cm³/mol. The van der Waals surface area contributed by atoms with Crippen molar-refractivity contribution in [2.24, 2.45) is 0 Å². The van der Waals surface area contributed by atoms with E-state index in [9.17, 15) is 9.90 Å². The van der Waals surface area contributed by atoms with Crippen LogP contribution in [-0.2, 0) is 9.53 Å². The van der Waals surface area contributed by atoms with Crippen LogP contribution in [0.25, 0.3) is 6.08 Å². The summed E-state index contributed by atoms with van der Waals surface area (Å²) in [5.74, 6) is -0.742. The number of esters is 1. The summed E-state index contributed by atoms with van der Waals surface area (Å²) in [6, 6.07) is 6.15. The standard InChI is InChI=1S/C13H12ClNO3/c1-8(2)18-13(17)10(7-15)5-9-3-4-12(16)11(14)6-9/h3-6,8,16H,1-2H3/b10-5-. The molecule has 1 aromatic rings. The highest BCUT2D eigenvalue weighted by Gasteiger charge is 2.12. The van der Waals surface area contributed by atoms with Crippen LogP contribution in [-0.4, -0.2) is 17.2 Å². The molecule has 0 fully saturated rings. The van der Waals surface area contributed by atoms with E-state index in [0.29, 0.717) is 5.56 Å². The number of carbonyl (C=O) groups is 1. The van der Waals surface area contributed by atoms with E-state index in [1.807, 2.05) is 0 Å². The van der Waals surface area contributed by atoms with Crippen molar-refractivity contribution < 1.29 is 14.6 Å². The van der Waals surface area contributed by atoms with Gasteiger partial charge in [0.05, 0.1) is 11.1 Å². The molecule has 0 aromatic heterocycles. The molecular formula is C13H12ClNO3. The molecule has 0 unspecified atom stereocenters. The van der Waals surface area contributed by atoms with Crippen LogP contribution in [0, 0.1) is 11.3 Å². The number of phenols is 1. The first-order valence-corrected chi connectivity index (χ1v) is 5.63. The first-order valence-electron chi connectivity index (χ1n) is 5.25. The minimum atomic E-state index is -0.684. The van der Waals surface area contributed by atoms with Crippen molar-refractivity contribution in [2.45, 2.75) is 20.0 Å². The lowest BCUT2D eigenvalue weighted by atomic mass is 10.1. The van der Waals surface area contributed by atoms with Gasteiger partial charge in [-0.3, -0.25) is 0 Å². The van der Waals surface area contributed by atoms with Crippen LogP contribution in [0.1, 0.15) is 19.4 Å². The molecule has 0 saturated heterocycles. The highest BCUT2D eigenvalue weighted by Crippen LogP contribution is 2.24. The number of hydrogen-bond donors (Lipinski definition) is 1. The summed E-state index contributed by atoms with van der Waals surface area (Å²) in [7, 11) is 0. The van der Waals surface area contributed by atoms with Gasteiger partial charge in [-0.1, -0.05) is 17.7 Å². The number of benzene rings is 1. The fourth-order valence-electron chi connectivity index (χ4n) is 1.19. The molecule has 1 rings (SSSR count). The number of rotatable bonds is 3. The summed E-state index contributed by atoms with van der Waals surface area (Å²) in [6.07, 6.45) is 1.06. The smallest absolute Gasteiger partial charge is 0.349 e. The van der Waals surface area contributed by atoms with Gasteiger partial charge in [0.25, 0.3) is 0 Å². The van der Waals surface area contributed by atoms with Crippen molar-refractivity contribution in [3.8, 4) is 11.8 Å². The number of halogens is 1. The van der Waals surface area contributed by atoms with E-state index in [1.165, 1.54) is 18.2 Å². The second-order valence-corrected chi connectivity index (χ2v) is 4.24. The second-order valence-electron chi connectivity index (χ2n) is 3.83. The van der Waals surface area contributed by atoms with Crippen molar-refractivity contribution >= 4 is 23.6 Å². The molecule has 18 heavy (non-hydrogen) atoms. The Balaban J connectivity index is 3.01. The summed E-state index contributed by atoms with van der Waals surface area (Å²) >= 11 is 5.73. The monoisotopic (exact) mass is 265 g/mol. The molecule has 0 heterocycles. The van der Waals surface area contributed by atoms with E-state index in [1.54, 1.807) is 26.0 Å². The van der Waals surface area contributed by atoms with Crippen LogP contribution < -0.4 is 0 Å². The van der Waals surface area contributed by atoms with Crippen LogP contribution in [0.3, 0.4) is 0 Å². The molecule has 0 atom stereocenters. The molecule has 0 aliphatic rings. The number of carbonyl (C=O) groups excluding carboxylic acids is 1. The summed E-state index contributed by atoms with van der Waals surface area (Å²) in [4.78, 5) is 11.5. The Kier molecular flexibility index (Phi) is 4.75. The highest BCUT2D eigenvalue weighted by atomic mass is 35.5. The van der Waals surface area contributed by atoms with Gasteiger partial charge in [-0.15, -0.1) is 0 Å². The molecule has 4 nitrogen and oxygen atoms in total. The largest absolute Gasteiger partial charge is 0.506 e. The average Bonchev–Trinajstić information content (AvgIpc) is 2.29. The zero-order valence-corrected chi connectivity index (χ0v) is 10.7. The minimum Gasteiger partial charge on any atom is -0.506 e. The Morgan fingerprint density at radius 2 is 2.22 bits per heavy atom. The molecule has 5 heteroatoms. The van der Waals surface area contributed by atoms with Crippen molar-refractivity contribution in [2.75, 3.05) is 0 Å². The SMILES string of the molecule is CC(C)OC(=O)/C(C#N)=C\c1ccc(O)c(Cl)c1. The summed E-state index contributed by atoms with van der Waals surface area (Å²) < 4.78 is 4.92. The molecular weight excluding hydrogens is 254 g/mol. The Morgan fingerprint density at radius 1 is 1.56 bits per heavy atom. The van der Waals surface area contributed by atoms with Gasteiger partial charge < -0.3 is 9.84 Å². The zero-order chi connectivity index (χ0) is 13.7. The van der Waals surface area contributed by atoms with Crippen LogP contribution in [0.2, 0.25) is 5.02 Å². The molecule has 0 aliphatic carbocycles. The fourth-order valence-corrected chi connectivity index (χ4v) is 1.38. The minimum absolute atomic E-state index is 0.0583. The molecule has 94 valence electrons. The van der Waals surface area contributed by atoms with Crippen LogP contribution in [0.15, 0.2) is 23.8 Å². The number of hydrogen-bond acceptors (Lipinski definition) is 4. The average molecular weight is 266 g/mol. The van der Waals surface area contributed by atoms with E-state index in [0.717, 1.165) is 0 Å². The molecule has 1 N–H and O–H groups in total. The van der Waals surface area contributed by atoms with E-state index < -0.39 is 5.97 Å². The lowest BCUT2D eigenvalue weighted by Crippen LogP contribution is -2.12.